The molecule has 0 amide bonds. The van der Waals surface area contributed by atoms with E-state index >= 15 is 0 Å². The van der Waals surface area contributed by atoms with Crippen molar-refractivity contribution < 1.29 is 33.6 Å². The molecule has 1 aliphatic rings. The van der Waals surface area contributed by atoms with Crippen LogP contribution in [-0.2, 0) is 4.79 Å². The second-order valence-corrected chi connectivity index (χ2v) is 9.33. The lowest BCUT2D eigenvalue weighted by Gasteiger charge is -2.27. The first kappa shape index (κ1) is 24.2. The van der Waals surface area contributed by atoms with E-state index in [1.165, 1.54) is 6.07 Å². The van der Waals surface area contributed by atoms with Crippen LogP contribution in [-0.4, -0.2) is 29.9 Å². The number of hydrogen-bond donors (Lipinski definition) is 2. The Hall–Kier alpha value is -4.46. The van der Waals surface area contributed by atoms with E-state index in [0.29, 0.717) is 34.8 Å². The van der Waals surface area contributed by atoms with Crippen molar-refractivity contribution >= 4 is 16.9 Å². The van der Waals surface area contributed by atoms with E-state index in [0.717, 1.165) is 0 Å². The van der Waals surface area contributed by atoms with Crippen LogP contribution in [0.4, 0.5) is 0 Å². The fraction of sp³-hybridized carbons (Fsp3) is 0.241. The van der Waals surface area contributed by atoms with Crippen LogP contribution >= 0.6 is 0 Å². The molecule has 2 heterocycles. The highest BCUT2D eigenvalue weighted by Gasteiger charge is 2.37. The smallest absolute Gasteiger partial charge is 0.312 e. The highest BCUT2D eigenvalue weighted by Crippen LogP contribution is 2.52. The van der Waals surface area contributed by atoms with Crippen LogP contribution in [0.3, 0.4) is 0 Å². The van der Waals surface area contributed by atoms with Gasteiger partial charge in [-0.05, 0) is 23.6 Å². The highest BCUT2D eigenvalue weighted by molar-refractivity contribution is 5.96. The Balaban J connectivity index is 1.77. The minimum atomic E-state index is -0.703. The van der Waals surface area contributed by atoms with Gasteiger partial charge in [-0.3, -0.25) is 9.59 Å². The number of carbonyl (C=O) groups is 1. The fourth-order valence-corrected chi connectivity index (χ4v) is 4.52. The Labute approximate surface area is 212 Å². The number of phenolic OH excluding ortho intramolecular Hbond substituents is 2. The van der Waals surface area contributed by atoms with Crippen molar-refractivity contribution in [3.05, 3.63) is 75.9 Å². The average molecular weight is 503 g/mol. The monoisotopic (exact) mass is 502 g/mol. The number of benzene rings is 3. The second-order valence-electron chi connectivity index (χ2n) is 9.33. The van der Waals surface area contributed by atoms with Crippen LogP contribution in [0.25, 0.3) is 22.3 Å². The third-order valence-electron chi connectivity index (χ3n) is 6.27. The van der Waals surface area contributed by atoms with Gasteiger partial charge in [-0.1, -0.05) is 50.2 Å². The number of rotatable bonds is 6. The molecule has 3 aromatic carbocycles. The predicted octanol–water partition coefficient (Wildman–Crippen LogP) is 5.36. The third kappa shape index (κ3) is 4.35. The van der Waals surface area contributed by atoms with E-state index in [-0.39, 0.29) is 34.8 Å². The van der Waals surface area contributed by atoms with Crippen molar-refractivity contribution in [2.24, 2.45) is 5.92 Å². The van der Waals surface area contributed by atoms with E-state index in [1.807, 2.05) is 32.0 Å². The zero-order chi connectivity index (χ0) is 26.3. The zero-order valence-electron chi connectivity index (χ0n) is 20.6. The zero-order valence-corrected chi connectivity index (χ0v) is 20.6. The van der Waals surface area contributed by atoms with Gasteiger partial charge in [-0.15, -0.1) is 0 Å². The van der Waals surface area contributed by atoms with E-state index in [1.54, 1.807) is 37.4 Å². The maximum absolute atomic E-state index is 13.2. The summed E-state index contributed by atoms with van der Waals surface area (Å²) in [7, 11) is 1.54. The number of carbonyl (C=O) groups excluding carboxylic acids is 1. The molecule has 5 rings (SSSR count). The first-order valence-electron chi connectivity index (χ1n) is 11.9. The Bertz CT molecular complexity index is 1550. The lowest BCUT2D eigenvalue weighted by atomic mass is 9.84. The number of ether oxygens (including phenoxy) is 3. The van der Waals surface area contributed by atoms with Crippen LogP contribution in [0.5, 0.6) is 28.7 Å². The number of methoxy groups -OCH3 is 1. The number of fused-ring (bicyclic) bond motifs is 3. The van der Waals surface area contributed by atoms with Gasteiger partial charge in [-0.25, -0.2) is 0 Å². The van der Waals surface area contributed by atoms with E-state index in [4.69, 9.17) is 18.6 Å². The lowest BCUT2D eigenvalue weighted by Crippen LogP contribution is -2.22. The largest absolute Gasteiger partial charge is 0.504 e. The van der Waals surface area contributed by atoms with Crippen molar-refractivity contribution in [3.8, 4) is 40.1 Å². The molecule has 0 saturated heterocycles. The number of hydrogen-bond acceptors (Lipinski definition) is 8. The maximum Gasteiger partial charge on any atom is 0.312 e. The molecule has 8 nitrogen and oxygen atoms in total. The molecule has 190 valence electrons. The normalized spacial score (nSPS) is 14.9. The summed E-state index contributed by atoms with van der Waals surface area (Å²) >= 11 is 0. The SMILES string of the molecule is COc1ccc(C2CC(=O)Oc3c(O)c(O)c4c(=O)cc(-c5ccccc5)oc4c32)cc1OCC(C)C. The summed E-state index contributed by atoms with van der Waals surface area (Å²) < 4.78 is 23.0. The van der Waals surface area contributed by atoms with E-state index in [9.17, 15) is 19.8 Å². The van der Waals surface area contributed by atoms with Gasteiger partial charge >= 0.3 is 5.97 Å². The predicted molar refractivity (Wildman–Crippen MR) is 137 cm³/mol. The van der Waals surface area contributed by atoms with Gasteiger partial charge in [0, 0.05) is 17.5 Å². The molecule has 0 aliphatic carbocycles. The number of aromatic hydroxyl groups is 2. The summed E-state index contributed by atoms with van der Waals surface area (Å²) in [5.74, 6) is -1.32. The van der Waals surface area contributed by atoms with E-state index in [2.05, 4.69) is 0 Å². The topological polar surface area (TPSA) is 115 Å². The van der Waals surface area contributed by atoms with Crippen LogP contribution in [0.1, 0.15) is 37.3 Å². The van der Waals surface area contributed by atoms with Gasteiger partial charge in [0.15, 0.2) is 28.4 Å². The Morgan fingerprint density at radius 3 is 2.46 bits per heavy atom. The minimum absolute atomic E-state index is 0.0367. The van der Waals surface area contributed by atoms with E-state index < -0.39 is 28.8 Å². The Morgan fingerprint density at radius 1 is 1.00 bits per heavy atom. The molecular weight excluding hydrogens is 476 g/mol. The van der Waals surface area contributed by atoms with Crippen LogP contribution < -0.4 is 19.6 Å². The molecule has 1 unspecified atom stereocenters. The molecule has 8 heteroatoms. The summed E-state index contributed by atoms with van der Waals surface area (Å²) in [5, 5.41) is 21.3. The number of phenols is 2. The molecule has 0 bridgehead atoms. The van der Waals surface area contributed by atoms with Crippen molar-refractivity contribution in [2.45, 2.75) is 26.2 Å². The standard InChI is InChI=1S/C29H26O8/c1-15(2)14-35-22-11-17(9-10-20(22)34-3)18-12-23(31)37-29-24(18)28-25(26(32)27(29)33)19(30)13-21(36-28)16-7-5-4-6-8-16/h4-11,13,15,18,32-33H,12,14H2,1-3H3. The van der Waals surface area contributed by atoms with Gasteiger partial charge in [-0.2, -0.15) is 0 Å². The molecule has 0 radical (unpaired) electrons. The molecule has 0 saturated carbocycles. The lowest BCUT2D eigenvalue weighted by molar-refractivity contribution is -0.135. The highest BCUT2D eigenvalue weighted by atomic mass is 16.5. The molecule has 0 fully saturated rings. The molecule has 0 spiro atoms. The summed E-state index contributed by atoms with van der Waals surface area (Å²) in [6, 6.07) is 15.6. The van der Waals surface area contributed by atoms with Crippen LogP contribution in [0.2, 0.25) is 0 Å². The Morgan fingerprint density at radius 2 is 1.76 bits per heavy atom. The van der Waals surface area contributed by atoms with Crippen molar-refractivity contribution in [1.29, 1.82) is 0 Å². The molecule has 1 aromatic heterocycles. The van der Waals surface area contributed by atoms with Crippen molar-refractivity contribution in [3.63, 3.8) is 0 Å². The average Bonchev–Trinajstić information content (AvgIpc) is 2.90. The van der Waals surface area contributed by atoms with Gasteiger partial charge < -0.3 is 28.8 Å². The first-order valence-corrected chi connectivity index (χ1v) is 11.9. The summed E-state index contributed by atoms with van der Waals surface area (Å²) in [4.78, 5) is 25.8. The first-order chi connectivity index (χ1) is 17.8. The fourth-order valence-electron chi connectivity index (χ4n) is 4.52. The van der Waals surface area contributed by atoms with Gasteiger partial charge in [0.25, 0.3) is 0 Å². The molecule has 37 heavy (non-hydrogen) atoms. The van der Waals surface area contributed by atoms with Crippen LogP contribution in [0, 0.1) is 5.92 Å². The minimum Gasteiger partial charge on any atom is -0.504 e. The second kappa shape index (κ2) is 9.54. The third-order valence-corrected chi connectivity index (χ3v) is 6.27. The van der Waals surface area contributed by atoms with Gasteiger partial charge in [0.2, 0.25) is 5.75 Å². The summed E-state index contributed by atoms with van der Waals surface area (Å²) in [5.41, 5.74) is 1.11. The van der Waals surface area contributed by atoms with Crippen LogP contribution in [0.15, 0.2) is 63.8 Å². The quantitative estimate of drug-likeness (QED) is 0.206. The van der Waals surface area contributed by atoms with Crippen molar-refractivity contribution in [2.75, 3.05) is 13.7 Å². The molecule has 4 aromatic rings. The van der Waals surface area contributed by atoms with Gasteiger partial charge in [0.1, 0.15) is 16.7 Å². The van der Waals surface area contributed by atoms with Crippen molar-refractivity contribution in [1.82, 2.24) is 0 Å². The number of esters is 1. The maximum atomic E-state index is 13.2. The summed E-state index contributed by atoms with van der Waals surface area (Å²) in [6.45, 7) is 4.50. The Kier molecular flexibility index (Phi) is 6.25. The molecule has 1 atom stereocenters. The molecular formula is C29H26O8. The molecule has 2 N–H and O–H groups in total. The molecule has 1 aliphatic heterocycles. The summed E-state index contributed by atoms with van der Waals surface area (Å²) in [6.07, 6.45) is -0.0818. The van der Waals surface area contributed by atoms with Gasteiger partial charge in [0.05, 0.1) is 25.7 Å².